The normalized spacial score (nSPS) is 13.1. The lowest BCUT2D eigenvalue weighted by Gasteiger charge is -2.23. The summed E-state index contributed by atoms with van der Waals surface area (Å²) in [6.45, 7) is 2.16. The molecular weight excluding hydrogens is 289 g/mol. The smallest absolute Gasteiger partial charge is 0.341 e. The molecule has 1 aromatic rings. The third-order valence-electron chi connectivity index (χ3n) is 2.92. The van der Waals surface area contributed by atoms with E-state index < -0.39 is 11.7 Å². The topological polar surface area (TPSA) is 46.3 Å². The number of nitrogens with zero attached hydrogens (tertiary/aromatic N) is 1. The van der Waals surface area contributed by atoms with Crippen LogP contribution >= 0.6 is 11.8 Å². The van der Waals surface area contributed by atoms with Crippen LogP contribution in [0.2, 0.25) is 0 Å². The largest absolute Gasteiger partial charge is 0.416 e. The number of thioether (sulfide) groups is 1. The Balaban J connectivity index is 2.64. The summed E-state index contributed by atoms with van der Waals surface area (Å²) in [7, 11) is 1.63. The van der Waals surface area contributed by atoms with Gasteiger partial charge in [0, 0.05) is 24.5 Å². The number of alkyl halides is 3. The molecule has 1 aromatic carbocycles. The minimum Gasteiger partial charge on any atom is -0.341 e. The average molecular weight is 306 g/mol. The first-order valence-electron chi connectivity index (χ1n) is 6.01. The maximum atomic E-state index is 12.5. The van der Waals surface area contributed by atoms with Gasteiger partial charge in [0.25, 0.3) is 0 Å². The van der Waals surface area contributed by atoms with Gasteiger partial charge in [-0.15, -0.1) is 11.8 Å². The Kier molecular flexibility index (Phi) is 5.88. The molecule has 2 N–H and O–H groups in total. The highest BCUT2D eigenvalue weighted by atomic mass is 32.2. The van der Waals surface area contributed by atoms with Crippen molar-refractivity contribution >= 4 is 17.7 Å². The highest BCUT2D eigenvalue weighted by molar-refractivity contribution is 8.00. The van der Waals surface area contributed by atoms with Gasteiger partial charge in [-0.25, -0.2) is 0 Å². The molecule has 0 spiro atoms. The lowest BCUT2D eigenvalue weighted by molar-refractivity contribution is -0.137. The van der Waals surface area contributed by atoms with Crippen molar-refractivity contribution in [3.8, 4) is 0 Å². The van der Waals surface area contributed by atoms with E-state index in [9.17, 15) is 18.0 Å². The molecular formula is C13H17F3N2OS. The SMILES string of the molecule is CC(CN)N(C)C(=O)CSc1cccc(C(F)(F)F)c1. The van der Waals surface area contributed by atoms with Crippen molar-refractivity contribution in [1.82, 2.24) is 4.90 Å². The lowest BCUT2D eigenvalue weighted by atomic mass is 10.2. The zero-order valence-corrected chi connectivity index (χ0v) is 12.1. The van der Waals surface area contributed by atoms with E-state index in [2.05, 4.69) is 0 Å². The molecule has 3 nitrogen and oxygen atoms in total. The fraction of sp³-hybridized carbons (Fsp3) is 0.462. The molecule has 0 aliphatic heterocycles. The molecule has 0 aliphatic carbocycles. The van der Waals surface area contributed by atoms with Crippen LogP contribution in [0.4, 0.5) is 13.2 Å². The van der Waals surface area contributed by atoms with Crippen molar-refractivity contribution in [1.29, 1.82) is 0 Å². The van der Waals surface area contributed by atoms with Gasteiger partial charge in [-0.3, -0.25) is 4.79 Å². The van der Waals surface area contributed by atoms with Crippen LogP contribution in [-0.2, 0) is 11.0 Å². The van der Waals surface area contributed by atoms with Gasteiger partial charge in [-0.05, 0) is 25.1 Å². The van der Waals surface area contributed by atoms with Crippen molar-refractivity contribution in [3.63, 3.8) is 0 Å². The van der Waals surface area contributed by atoms with E-state index in [4.69, 9.17) is 5.73 Å². The van der Waals surface area contributed by atoms with E-state index in [0.717, 1.165) is 23.9 Å². The van der Waals surface area contributed by atoms with Crippen molar-refractivity contribution < 1.29 is 18.0 Å². The van der Waals surface area contributed by atoms with Crippen LogP contribution in [0.25, 0.3) is 0 Å². The van der Waals surface area contributed by atoms with E-state index >= 15 is 0 Å². The summed E-state index contributed by atoms with van der Waals surface area (Å²) in [6.07, 6.45) is -4.37. The van der Waals surface area contributed by atoms with E-state index in [-0.39, 0.29) is 17.7 Å². The molecule has 0 bridgehead atoms. The molecule has 0 fully saturated rings. The molecule has 7 heteroatoms. The Hall–Kier alpha value is -1.21. The first kappa shape index (κ1) is 16.8. The number of amides is 1. The second-order valence-corrected chi connectivity index (χ2v) is 5.45. The highest BCUT2D eigenvalue weighted by Gasteiger charge is 2.30. The minimum atomic E-state index is -4.37. The van der Waals surface area contributed by atoms with Gasteiger partial charge in [0.2, 0.25) is 5.91 Å². The van der Waals surface area contributed by atoms with E-state index in [0.29, 0.717) is 11.4 Å². The molecule has 1 rings (SSSR count). The molecule has 0 aromatic heterocycles. The molecule has 20 heavy (non-hydrogen) atoms. The number of likely N-dealkylation sites (N-methyl/N-ethyl adjacent to an activating group) is 1. The van der Waals surface area contributed by atoms with Crippen LogP contribution in [-0.4, -0.2) is 36.2 Å². The van der Waals surface area contributed by atoms with Crippen molar-refractivity contribution in [2.45, 2.75) is 24.0 Å². The zero-order valence-electron chi connectivity index (χ0n) is 11.3. The van der Waals surface area contributed by atoms with Crippen LogP contribution < -0.4 is 5.73 Å². The lowest BCUT2D eigenvalue weighted by Crippen LogP contribution is -2.40. The Morgan fingerprint density at radius 1 is 1.45 bits per heavy atom. The predicted octanol–water partition coefficient (Wildman–Crippen LogP) is 2.60. The van der Waals surface area contributed by atoms with Gasteiger partial charge < -0.3 is 10.6 Å². The number of benzene rings is 1. The van der Waals surface area contributed by atoms with Gasteiger partial charge >= 0.3 is 6.18 Å². The average Bonchev–Trinajstić information content (AvgIpc) is 2.42. The molecule has 0 saturated carbocycles. The van der Waals surface area contributed by atoms with Gasteiger partial charge in [-0.2, -0.15) is 13.2 Å². The first-order valence-corrected chi connectivity index (χ1v) is 7.00. The van der Waals surface area contributed by atoms with Gasteiger partial charge in [0.1, 0.15) is 0 Å². The van der Waals surface area contributed by atoms with Crippen molar-refractivity contribution in [2.24, 2.45) is 5.73 Å². The summed E-state index contributed by atoms with van der Waals surface area (Å²) in [5.41, 5.74) is 4.75. The molecule has 1 atom stereocenters. The fourth-order valence-electron chi connectivity index (χ4n) is 1.41. The monoisotopic (exact) mass is 306 g/mol. The number of carbonyl (C=O) groups is 1. The molecule has 0 aliphatic rings. The Morgan fingerprint density at radius 3 is 2.65 bits per heavy atom. The van der Waals surface area contributed by atoms with Crippen molar-refractivity contribution in [3.05, 3.63) is 29.8 Å². The fourth-order valence-corrected chi connectivity index (χ4v) is 2.29. The van der Waals surface area contributed by atoms with Crippen LogP contribution in [0, 0.1) is 0 Å². The third kappa shape index (κ3) is 4.72. The summed E-state index contributed by atoms with van der Waals surface area (Å²) >= 11 is 1.08. The van der Waals surface area contributed by atoms with Crippen LogP contribution in [0.1, 0.15) is 12.5 Å². The Morgan fingerprint density at radius 2 is 2.10 bits per heavy atom. The maximum Gasteiger partial charge on any atom is 0.416 e. The Bertz CT molecular complexity index is 465. The number of hydrogen-bond donors (Lipinski definition) is 1. The predicted molar refractivity (Wildman–Crippen MR) is 73.5 cm³/mol. The van der Waals surface area contributed by atoms with Crippen LogP contribution in [0.15, 0.2) is 29.2 Å². The standard InChI is InChI=1S/C13H17F3N2OS/c1-9(7-17)18(2)12(19)8-20-11-5-3-4-10(6-11)13(14,15)16/h3-6,9H,7-8,17H2,1-2H3. The van der Waals surface area contributed by atoms with E-state index in [1.165, 1.54) is 11.0 Å². The van der Waals surface area contributed by atoms with Gasteiger partial charge in [0.05, 0.1) is 11.3 Å². The molecule has 112 valence electrons. The van der Waals surface area contributed by atoms with Crippen LogP contribution in [0.3, 0.4) is 0 Å². The summed E-state index contributed by atoms with van der Waals surface area (Å²) in [5.74, 6) is -0.0762. The molecule has 0 radical (unpaired) electrons. The highest BCUT2D eigenvalue weighted by Crippen LogP contribution is 2.31. The van der Waals surface area contributed by atoms with E-state index in [1.54, 1.807) is 13.1 Å². The summed E-state index contributed by atoms with van der Waals surface area (Å²) < 4.78 is 37.6. The molecule has 1 unspecified atom stereocenters. The number of halogens is 3. The Labute approximate surface area is 120 Å². The number of nitrogens with two attached hydrogens (primary N) is 1. The number of rotatable bonds is 5. The number of carbonyl (C=O) groups excluding carboxylic acids is 1. The molecule has 0 heterocycles. The van der Waals surface area contributed by atoms with E-state index in [1.807, 2.05) is 6.92 Å². The quantitative estimate of drug-likeness (QED) is 0.851. The number of hydrogen-bond acceptors (Lipinski definition) is 3. The molecule has 1 amide bonds. The zero-order chi connectivity index (χ0) is 15.3. The third-order valence-corrected chi connectivity index (χ3v) is 3.90. The summed E-state index contributed by atoms with van der Waals surface area (Å²) in [6, 6.07) is 4.85. The second kappa shape index (κ2) is 6.99. The van der Waals surface area contributed by atoms with Gasteiger partial charge in [0.15, 0.2) is 0 Å². The van der Waals surface area contributed by atoms with Crippen molar-refractivity contribution in [2.75, 3.05) is 19.3 Å². The molecule has 0 saturated heterocycles. The maximum absolute atomic E-state index is 12.5. The van der Waals surface area contributed by atoms with Gasteiger partial charge in [-0.1, -0.05) is 6.07 Å². The summed E-state index contributed by atoms with van der Waals surface area (Å²) in [4.78, 5) is 13.7. The summed E-state index contributed by atoms with van der Waals surface area (Å²) in [5, 5.41) is 0. The second-order valence-electron chi connectivity index (χ2n) is 4.40. The minimum absolute atomic E-state index is 0.0855. The first-order chi connectivity index (χ1) is 9.25. The van der Waals surface area contributed by atoms with Crippen LogP contribution in [0.5, 0.6) is 0 Å².